The van der Waals surface area contributed by atoms with Crippen molar-refractivity contribution >= 4 is 36.3 Å². The lowest BCUT2D eigenvalue weighted by Crippen LogP contribution is -2.58. The Kier molecular flexibility index (Phi) is 13.9. The topological polar surface area (TPSA) is 197 Å². The molecule has 0 bridgehead atoms. The van der Waals surface area contributed by atoms with E-state index in [4.69, 9.17) is 11.5 Å². The standard InChI is InChI=1S/C24H39N5O6S/c1-14(2)11-19(24(34)35)28-23(33)20(13-36)29-22(32)18(12-15-6-8-16(30)9-7-15)27-21(31)17(26)5-3-4-10-25/h6-9,14,17-20,30,36H,3-5,10-13,25-26H2,1-2H3,(H,27,31)(H,28,33)(H,29,32)(H,34,35). The quantitative estimate of drug-likeness (QED) is 0.108. The van der Waals surface area contributed by atoms with E-state index in [9.17, 15) is 29.4 Å². The molecule has 1 aromatic carbocycles. The highest BCUT2D eigenvalue weighted by molar-refractivity contribution is 7.80. The molecule has 0 aliphatic rings. The zero-order valence-electron chi connectivity index (χ0n) is 20.8. The first kappa shape index (κ1) is 31.2. The number of rotatable bonds is 16. The van der Waals surface area contributed by atoms with Gasteiger partial charge in [-0.2, -0.15) is 12.6 Å². The van der Waals surface area contributed by atoms with Crippen molar-refractivity contribution in [3.63, 3.8) is 0 Å². The highest BCUT2D eigenvalue weighted by atomic mass is 32.1. The number of amides is 3. The number of carbonyl (C=O) groups is 4. The van der Waals surface area contributed by atoms with Gasteiger partial charge in [-0.3, -0.25) is 14.4 Å². The predicted molar refractivity (Wildman–Crippen MR) is 139 cm³/mol. The Bertz CT molecular complexity index is 867. The summed E-state index contributed by atoms with van der Waals surface area (Å²) in [4.78, 5) is 50.0. The number of aliphatic carboxylic acids is 1. The number of nitrogens with one attached hydrogen (secondary N) is 3. The maximum atomic E-state index is 13.1. The minimum absolute atomic E-state index is 0.0226. The van der Waals surface area contributed by atoms with Crippen molar-refractivity contribution in [2.75, 3.05) is 12.3 Å². The number of unbranched alkanes of at least 4 members (excludes halogenated alkanes) is 1. The zero-order valence-corrected chi connectivity index (χ0v) is 21.7. The van der Waals surface area contributed by atoms with Gasteiger partial charge in [0.05, 0.1) is 6.04 Å². The molecule has 11 nitrogen and oxygen atoms in total. The van der Waals surface area contributed by atoms with Gasteiger partial charge in [-0.1, -0.05) is 32.4 Å². The van der Waals surface area contributed by atoms with Gasteiger partial charge in [-0.05, 0) is 49.4 Å². The van der Waals surface area contributed by atoms with Gasteiger partial charge in [0.25, 0.3) is 0 Å². The fourth-order valence-corrected chi connectivity index (χ4v) is 3.68. The van der Waals surface area contributed by atoms with Gasteiger partial charge in [0, 0.05) is 12.2 Å². The minimum Gasteiger partial charge on any atom is -0.508 e. The summed E-state index contributed by atoms with van der Waals surface area (Å²) >= 11 is 4.13. The van der Waals surface area contributed by atoms with Crippen molar-refractivity contribution < 1.29 is 29.4 Å². The average molecular weight is 526 g/mol. The van der Waals surface area contributed by atoms with Crippen LogP contribution in [0.5, 0.6) is 5.75 Å². The maximum absolute atomic E-state index is 13.1. The number of carbonyl (C=O) groups excluding carboxylic acids is 3. The number of hydrogen-bond donors (Lipinski definition) is 8. The zero-order chi connectivity index (χ0) is 27.3. The summed E-state index contributed by atoms with van der Waals surface area (Å²) in [6, 6.07) is 1.95. The Morgan fingerprint density at radius 1 is 0.917 bits per heavy atom. The molecular formula is C24H39N5O6S. The van der Waals surface area contributed by atoms with Gasteiger partial charge in [-0.25, -0.2) is 4.79 Å². The number of carboxylic acid groups (broad SMARTS) is 1. The van der Waals surface area contributed by atoms with Crippen LogP contribution in [0.3, 0.4) is 0 Å². The number of thiol groups is 1. The molecule has 4 atom stereocenters. The van der Waals surface area contributed by atoms with Gasteiger partial charge in [0.1, 0.15) is 23.9 Å². The summed E-state index contributed by atoms with van der Waals surface area (Å²) in [6.45, 7) is 4.14. The highest BCUT2D eigenvalue weighted by Crippen LogP contribution is 2.12. The molecule has 0 aliphatic heterocycles. The first-order valence-corrected chi connectivity index (χ1v) is 12.6. The third kappa shape index (κ3) is 11.3. The smallest absolute Gasteiger partial charge is 0.326 e. The molecule has 0 radical (unpaired) electrons. The van der Waals surface area contributed by atoms with Crippen LogP contribution in [0.1, 0.15) is 45.1 Å². The second-order valence-corrected chi connectivity index (χ2v) is 9.46. The van der Waals surface area contributed by atoms with Crippen LogP contribution in [0, 0.1) is 5.92 Å². The number of benzene rings is 1. The van der Waals surface area contributed by atoms with Gasteiger partial charge < -0.3 is 37.6 Å². The first-order valence-electron chi connectivity index (χ1n) is 12.0. The normalized spacial score (nSPS) is 14.4. The van der Waals surface area contributed by atoms with E-state index in [1.165, 1.54) is 12.1 Å². The van der Waals surface area contributed by atoms with Crippen molar-refractivity contribution in [1.82, 2.24) is 16.0 Å². The Morgan fingerprint density at radius 2 is 1.47 bits per heavy atom. The first-order chi connectivity index (χ1) is 17.0. The van der Waals surface area contributed by atoms with Gasteiger partial charge >= 0.3 is 5.97 Å². The molecule has 0 saturated heterocycles. The Hall–Kier alpha value is -2.83. The molecule has 202 valence electrons. The third-order valence-electron chi connectivity index (χ3n) is 5.45. The lowest BCUT2D eigenvalue weighted by molar-refractivity contribution is -0.142. The highest BCUT2D eigenvalue weighted by Gasteiger charge is 2.30. The van der Waals surface area contributed by atoms with Crippen LogP contribution in [0.4, 0.5) is 0 Å². The molecule has 0 saturated carbocycles. The Morgan fingerprint density at radius 3 is 2.00 bits per heavy atom. The summed E-state index contributed by atoms with van der Waals surface area (Å²) in [5, 5.41) is 26.6. The summed E-state index contributed by atoms with van der Waals surface area (Å²) < 4.78 is 0. The molecular weight excluding hydrogens is 486 g/mol. The molecule has 1 rings (SSSR count). The third-order valence-corrected chi connectivity index (χ3v) is 5.82. The molecule has 0 spiro atoms. The molecule has 36 heavy (non-hydrogen) atoms. The van der Waals surface area contributed by atoms with Crippen molar-refractivity contribution in [1.29, 1.82) is 0 Å². The molecule has 0 heterocycles. The maximum Gasteiger partial charge on any atom is 0.326 e. The molecule has 1 aromatic rings. The SMILES string of the molecule is CC(C)CC(NC(=O)C(CS)NC(=O)C(Cc1ccc(O)cc1)NC(=O)C(N)CCCCN)C(=O)O. The van der Waals surface area contributed by atoms with Crippen LogP contribution >= 0.6 is 12.6 Å². The van der Waals surface area contributed by atoms with E-state index in [0.717, 1.165) is 0 Å². The Labute approximate surface area is 217 Å². The van der Waals surface area contributed by atoms with E-state index in [1.54, 1.807) is 12.1 Å². The van der Waals surface area contributed by atoms with E-state index in [2.05, 4.69) is 28.6 Å². The second kappa shape index (κ2) is 16.0. The summed E-state index contributed by atoms with van der Waals surface area (Å²) in [5.74, 6) is -3.08. The van der Waals surface area contributed by atoms with E-state index < -0.39 is 47.9 Å². The van der Waals surface area contributed by atoms with Crippen LogP contribution in [0.15, 0.2) is 24.3 Å². The van der Waals surface area contributed by atoms with Crippen LogP contribution in [-0.2, 0) is 25.6 Å². The van der Waals surface area contributed by atoms with E-state index >= 15 is 0 Å². The molecule has 4 unspecified atom stereocenters. The number of aromatic hydroxyl groups is 1. The molecule has 3 amide bonds. The van der Waals surface area contributed by atoms with Gasteiger partial charge in [0.15, 0.2) is 0 Å². The van der Waals surface area contributed by atoms with Crippen molar-refractivity contribution in [2.45, 2.75) is 70.1 Å². The van der Waals surface area contributed by atoms with E-state index in [1.807, 2.05) is 13.8 Å². The number of nitrogens with two attached hydrogens (primary N) is 2. The Balaban J connectivity index is 2.98. The monoisotopic (exact) mass is 525 g/mol. The van der Waals surface area contributed by atoms with E-state index in [-0.39, 0.29) is 30.3 Å². The average Bonchev–Trinajstić information content (AvgIpc) is 2.82. The number of phenols is 1. The van der Waals surface area contributed by atoms with Crippen molar-refractivity contribution in [2.24, 2.45) is 17.4 Å². The largest absolute Gasteiger partial charge is 0.508 e. The van der Waals surface area contributed by atoms with Crippen LogP contribution in [-0.4, -0.2) is 70.4 Å². The number of phenolic OH excluding ortho intramolecular Hbond substituents is 1. The molecule has 12 heteroatoms. The number of carboxylic acids is 1. The second-order valence-electron chi connectivity index (χ2n) is 9.10. The summed E-state index contributed by atoms with van der Waals surface area (Å²) in [5.41, 5.74) is 12.1. The van der Waals surface area contributed by atoms with Gasteiger partial charge in [0.2, 0.25) is 17.7 Å². The summed E-state index contributed by atoms with van der Waals surface area (Å²) in [7, 11) is 0. The lowest BCUT2D eigenvalue weighted by atomic mass is 10.0. The molecule has 9 N–H and O–H groups in total. The lowest BCUT2D eigenvalue weighted by Gasteiger charge is -2.25. The summed E-state index contributed by atoms with van der Waals surface area (Å²) in [6.07, 6.45) is 2.05. The molecule has 0 aromatic heterocycles. The molecule has 0 aliphatic carbocycles. The van der Waals surface area contributed by atoms with Gasteiger partial charge in [-0.15, -0.1) is 0 Å². The number of hydrogen-bond acceptors (Lipinski definition) is 8. The minimum atomic E-state index is -1.18. The fraction of sp³-hybridized carbons (Fsp3) is 0.583. The van der Waals surface area contributed by atoms with E-state index in [0.29, 0.717) is 31.4 Å². The van der Waals surface area contributed by atoms with Crippen LogP contribution in [0.2, 0.25) is 0 Å². The van der Waals surface area contributed by atoms with Crippen molar-refractivity contribution in [3.8, 4) is 5.75 Å². The predicted octanol–water partition coefficient (Wildman–Crippen LogP) is -0.0941. The van der Waals surface area contributed by atoms with Crippen LogP contribution < -0.4 is 27.4 Å². The van der Waals surface area contributed by atoms with Crippen LogP contribution in [0.25, 0.3) is 0 Å². The molecule has 0 fully saturated rings. The fourth-order valence-electron chi connectivity index (χ4n) is 3.43. The van der Waals surface area contributed by atoms with Crippen molar-refractivity contribution in [3.05, 3.63) is 29.8 Å².